The first kappa shape index (κ1) is 16.9. The fourth-order valence-corrected chi connectivity index (χ4v) is 5.53. The first-order valence-electron chi connectivity index (χ1n) is 9.30. The zero-order valence-corrected chi connectivity index (χ0v) is 15.4. The standard InChI is InChI=1S/C21H26O4/c1-5-24-10-21-7-6-14(25-21)16-18(21)20(23)17(19(16)22)15-12(3)8-11(2)9-13(15)4/h8-9,14,16-18H,5-7,10H2,1-4H3/t14-,16-,17?,18+,21-/m0/s1. The summed E-state index contributed by atoms with van der Waals surface area (Å²) in [6, 6.07) is 4.14. The van der Waals surface area contributed by atoms with Gasteiger partial charge < -0.3 is 9.47 Å². The molecule has 134 valence electrons. The van der Waals surface area contributed by atoms with Crippen LogP contribution < -0.4 is 0 Å². The summed E-state index contributed by atoms with van der Waals surface area (Å²) in [5.41, 5.74) is 3.57. The van der Waals surface area contributed by atoms with E-state index in [9.17, 15) is 9.59 Å². The van der Waals surface area contributed by atoms with Gasteiger partial charge in [0, 0.05) is 6.61 Å². The summed E-state index contributed by atoms with van der Waals surface area (Å²) in [4.78, 5) is 26.6. The molecule has 1 aliphatic carbocycles. The quantitative estimate of drug-likeness (QED) is 0.789. The van der Waals surface area contributed by atoms with E-state index in [2.05, 4.69) is 12.1 Å². The van der Waals surface area contributed by atoms with Crippen LogP contribution in [0.25, 0.3) is 0 Å². The molecule has 2 heterocycles. The van der Waals surface area contributed by atoms with Crippen molar-refractivity contribution < 1.29 is 19.1 Å². The number of rotatable bonds is 4. The van der Waals surface area contributed by atoms with Gasteiger partial charge in [0.1, 0.15) is 11.5 Å². The molecule has 4 nitrogen and oxygen atoms in total. The predicted octanol–water partition coefficient (Wildman–Crippen LogP) is 3.05. The van der Waals surface area contributed by atoms with Crippen molar-refractivity contribution in [3.8, 4) is 0 Å². The largest absolute Gasteiger partial charge is 0.379 e. The van der Waals surface area contributed by atoms with Gasteiger partial charge in [0.25, 0.3) is 0 Å². The molecule has 2 saturated heterocycles. The van der Waals surface area contributed by atoms with Crippen molar-refractivity contribution in [3.63, 3.8) is 0 Å². The number of carbonyl (C=O) groups is 2. The molecule has 2 bridgehead atoms. The molecule has 25 heavy (non-hydrogen) atoms. The van der Waals surface area contributed by atoms with Gasteiger partial charge in [-0.15, -0.1) is 0 Å². The lowest BCUT2D eigenvalue weighted by molar-refractivity contribution is -0.133. The Kier molecular flexibility index (Phi) is 3.89. The van der Waals surface area contributed by atoms with Crippen molar-refractivity contribution in [3.05, 3.63) is 34.4 Å². The van der Waals surface area contributed by atoms with Crippen molar-refractivity contribution in [2.24, 2.45) is 11.8 Å². The van der Waals surface area contributed by atoms with E-state index >= 15 is 0 Å². The summed E-state index contributed by atoms with van der Waals surface area (Å²) in [7, 11) is 0. The Morgan fingerprint density at radius 3 is 2.48 bits per heavy atom. The Labute approximate surface area is 148 Å². The van der Waals surface area contributed by atoms with Gasteiger partial charge in [-0.2, -0.15) is 0 Å². The van der Waals surface area contributed by atoms with Crippen LogP contribution in [0, 0.1) is 32.6 Å². The zero-order chi connectivity index (χ0) is 17.9. The van der Waals surface area contributed by atoms with E-state index in [0.29, 0.717) is 13.2 Å². The lowest BCUT2D eigenvalue weighted by atomic mass is 9.73. The smallest absolute Gasteiger partial charge is 0.154 e. The van der Waals surface area contributed by atoms with Crippen LogP contribution >= 0.6 is 0 Å². The van der Waals surface area contributed by atoms with Crippen molar-refractivity contribution in [2.75, 3.05) is 13.2 Å². The third-order valence-corrected chi connectivity index (χ3v) is 6.35. The minimum absolute atomic E-state index is 0.0481. The van der Waals surface area contributed by atoms with E-state index in [0.717, 1.165) is 35.1 Å². The Morgan fingerprint density at radius 2 is 1.84 bits per heavy atom. The average Bonchev–Trinajstić information content (AvgIpc) is 3.18. The number of Topliss-reactive ketones (excluding diaryl/α,β-unsaturated/α-hetero) is 2. The monoisotopic (exact) mass is 342 g/mol. The number of hydrogen-bond donors (Lipinski definition) is 0. The molecule has 3 aliphatic rings. The highest BCUT2D eigenvalue weighted by Crippen LogP contribution is 2.58. The average molecular weight is 342 g/mol. The Balaban J connectivity index is 1.75. The summed E-state index contributed by atoms with van der Waals surface area (Å²) in [6.45, 7) is 9.00. The molecule has 1 aromatic carbocycles. The van der Waals surface area contributed by atoms with Crippen molar-refractivity contribution in [1.29, 1.82) is 0 Å². The molecule has 1 saturated carbocycles. The van der Waals surface area contributed by atoms with Crippen LogP contribution in [0.2, 0.25) is 0 Å². The van der Waals surface area contributed by atoms with Crippen LogP contribution in [0.1, 0.15) is 47.9 Å². The van der Waals surface area contributed by atoms with Crippen LogP contribution in [-0.2, 0) is 19.1 Å². The lowest BCUT2D eigenvalue weighted by Gasteiger charge is -2.31. The molecule has 3 fully saturated rings. The molecule has 0 N–H and O–H groups in total. The third kappa shape index (κ3) is 2.27. The number of benzene rings is 1. The maximum Gasteiger partial charge on any atom is 0.154 e. The fourth-order valence-electron chi connectivity index (χ4n) is 5.53. The van der Waals surface area contributed by atoms with Gasteiger partial charge in [-0.1, -0.05) is 17.7 Å². The van der Waals surface area contributed by atoms with E-state index in [1.807, 2.05) is 27.7 Å². The maximum absolute atomic E-state index is 13.4. The molecular weight excluding hydrogens is 316 g/mol. The van der Waals surface area contributed by atoms with Gasteiger partial charge in [-0.05, 0) is 57.2 Å². The first-order chi connectivity index (χ1) is 11.9. The number of carbonyl (C=O) groups excluding carboxylic acids is 2. The number of ether oxygens (including phenoxy) is 2. The van der Waals surface area contributed by atoms with E-state index in [-0.39, 0.29) is 29.5 Å². The van der Waals surface area contributed by atoms with Crippen molar-refractivity contribution in [1.82, 2.24) is 0 Å². The SMILES string of the molecule is CCOC[C@]12CC[C@H](O1)[C@@H]1C(=O)C(c3c(C)cc(C)cc3C)C(=O)[C@@H]12. The molecule has 4 heteroatoms. The second-order valence-electron chi connectivity index (χ2n) is 7.95. The highest BCUT2D eigenvalue weighted by Gasteiger charge is 2.69. The van der Waals surface area contributed by atoms with Gasteiger partial charge >= 0.3 is 0 Å². The summed E-state index contributed by atoms with van der Waals surface area (Å²) in [5, 5.41) is 0. The molecule has 5 atom stereocenters. The predicted molar refractivity (Wildman–Crippen MR) is 93.7 cm³/mol. The van der Waals surface area contributed by atoms with Gasteiger partial charge in [-0.3, -0.25) is 9.59 Å². The van der Waals surface area contributed by atoms with E-state index < -0.39 is 11.5 Å². The van der Waals surface area contributed by atoms with Crippen LogP contribution in [0.15, 0.2) is 12.1 Å². The van der Waals surface area contributed by atoms with Crippen molar-refractivity contribution >= 4 is 11.6 Å². The maximum atomic E-state index is 13.4. The summed E-state index contributed by atoms with van der Waals surface area (Å²) < 4.78 is 11.8. The van der Waals surface area contributed by atoms with Crippen LogP contribution in [0.5, 0.6) is 0 Å². The third-order valence-electron chi connectivity index (χ3n) is 6.35. The summed E-state index contributed by atoms with van der Waals surface area (Å²) >= 11 is 0. The van der Waals surface area contributed by atoms with Gasteiger partial charge in [0.2, 0.25) is 0 Å². The molecule has 1 unspecified atom stereocenters. The molecular formula is C21H26O4. The Bertz CT molecular complexity index is 729. The second-order valence-corrected chi connectivity index (χ2v) is 7.95. The number of hydrogen-bond acceptors (Lipinski definition) is 4. The minimum Gasteiger partial charge on any atom is -0.379 e. The zero-order valence-electron chi connectivity index (χ0n) is 15.4. The van der Waals surface area contributed by atoms with Crippen LogP contribution in [0.3, 0.4) is 0 Å². The highest BCUT2D eigenvalue weighted by molar-refractivity contribution is 6.17. The summed E-state index contributed by atoms with van der Waals surface area (Å²) in [5.74, 6) is -1.14. The molecule has 0 amide bonds. The molecule has 2 aliphatic heterocycles. The topological polar surface area (TPSA) is 52.6 Å². The van der Waals surface area contributed by atoms with E-state index in [4.69, 9.17) is 9.47 Å². The number of fused-ring (bicyclic) bond motifs is 5. The van der Waals surface area contributed by atoms with Gasteiger partial charge in [0.05, 0.1) is 24.5 Å². The Hall–Kier alpha value is -1.52. The van der Waals surface area contributed by atoms with Crippen LogP contribution in [-0.4, -0.2) is 36.5 Å². The molecule has 0 aromatic heterocycles. The van der Waals surface area contributed by atoms with Gasteiger partial charge in [0.15, 0.2) is 11.6 Å². The van der Waals surface area contributed by atoms with E-state index in [1.165, 1.54) is 0 Å². The molecule has 4 rings (SSSR count). The first-order valence-corrected chi connectivity index (χ1v) is 9.30. The van der Waals surface area contributed by atoms with E-state index in [1.54, 1.807) is 0 Å². The lowest BCUT2D eigenvalue weighted by Crippen LogP contribution is -2.44. The normalized spacial score (nSPS) is 36.3. The summed E-state index contributed by atoms with van der Waals surface area (Å²) in [6.07, 6.45) is 1.56. The molecule has 1 aromatic rings. The minimum atomic E-state index is -0.624. The Morgan fingerprint density at radius 1 is 1.16 bits per heavy atom. The highest BCUT2D eigenvalue weighted by atomic mass is 16.6. The second kappa shape index (κ2) is 5.75. The number of aryl methyl sites for hydroxylation is 3. The van der Waals surface area contributed by atoms with Crippen molar-refractivity contribution in [2.45, 2.75) is 58.2 Å². The van der Waals surface area contributed by atoms with Crippen LogP contribution in [0.4, 0.5) is 0 Å². The fraction of sp³-hybridized carbons (Fsp3) is 0.619. The number of ketones is 2. The van der Waals surface area contributed by atoms with Gasteiger partial charge in [-0.25, -0.2) is 0 Å². The molecule has 0 spiro atoms. The molecule has 0 radical (unpaired) electrons.